The zero-order valence-corrected chi connectivity index (χ0v) is 16.3. The van der Waals surface area contributed by atoms with Crippen LogP contribution in [-0.2, 0) is 16.1 Å². The lowest BCUT2D eigenvalue weighted by molar-refractivity contribution is -0.165. The van der Waals surface area contributed by atoms with Gasteiger partial charge in [0.1, 0.15) is 0 Å². The number of carboxylic acids is 2. The number of nitrogens with zero attached hydrogens (tertiary/aromatic N) is 1. The fourth-order valence-electron chi connectivity index (χ4n) is 4.62. The molecule has 3 aliphatic heterocycles. The van der Waals surface area contributed by atoms with E-state index in [0.29, 0.717) is 0 Å². The average Bonchev–Trinajstić information content (AvgIpc) is 3.35. The monoisotopic (exact) mass is 437 g/mol. The van der Waals surface area contributed by atoms with Crippen molar-refractivity contribution < 1.29 is 49.7 Å². The van der Waals surface area contributed by atoms with Crippen LogP contribution < -0.4 is 9.47 Å². The summed E-state index contributed by atoms with van der Waals surface area (Å²) in [4.78, 5) is 21.9. The maximum absolute atomic E-state index is 10.5. The standard InChI is InChI=1S/C16H17NO4.C4H6O6/c18-11-3-8-1-2-17-6-9-4-12-13(21-7-20-12)5-10(9)14(15(8)17)16(11)19;5-1(3(7)8)2(6)4(9)10/h3-5,11,14-16,18-19H,1-2,6-7H2;1-2,5-6H,(H,7,8)(H,9,10)/t11-,14-,15+,16+;/m0./s1. The Morgan fingerprint density at radius 1 is 1.03 bits per heavy atom. The van der Waals surface area contributed by atoms with Gasteiger partial charge in [-0.1, -0.05) is 11.6 Å². The highest BCUT2D eigenvalue weighted by Gasteiger charge is 2.48. The van der Waals surface area contributed by atoms with Gasteiger partial charge in [-0.3, -0.25) is 4.90 Å². The molecule has 1 aromatic rings. The minimum absolute atomic E-state index is 0.0826. The van der Waals surface area contributed by atoms with Crippen LogP contribution in [0, 0.1) is 0 Å². The molecule has 0 saturated carbocycles. The topological polar surface area (TPSA) is 177 Å². The van der Waals surface area contributed by atoms with Crippen molar-refractivity contribution in [2.24, 2.45) is 0 Å². The predicted octanol–water partition coefficient (Wildman–Crippen LogP) is -1.37. The number of rotatable bonds is 3. The molecule has 6 N–H and O–H groups in total. The predicted molar refractivity (Wildman–Crippen MR) is 102 cm³/mol. The van der Waals surface area contributed by atoms with E-state index in [1.165, 1.54) is 11.1 Å². The second kappa shape index (κ2) is 8.09. The van der Waals surface area contributed by atoms with E-state index in [0.717, 1.165) is 36.6 Å². The molecule has 0 aromatic heterocycles. The lowest BCUT2D eigenvalue weighted by Crippen LogP contribution is -2.49. The Kier molecular flexibility index (Phi) is 5.62. The van der Waals surface area contributed by atoms with Gasteiger partial charge in [-0.2, -0.15) is 0 Å². The van der Waals surface area contributed by atoms with Gasteiger partial charge in [-0.25, -0.2) is 9.59 Å². The molecular weight excluding hydrogens is 414 g/mol. The first-order chi connectivity index (χ1) is 14.7. The average molecular weight is 437 g/mol. The number of fused-ring (bicyclic) bond motifs is 3. The van der Waals surface area contributed by atoms with Gasteiger partial charge in [0.2, 0.25) is 6.79 Å². The van der Waals surface area contributed by atoms with E-state index in [2.05, 4.69) is 4.90 Å². The fraction of sp³-hybridized carbons (Fsp3) is 0.500. The van der Waals surface area contributed by atoms with Crippen molar-refractivity contribution in [2.75, 3.05) is 13.3 Å². The molecule has 2 unspecified atom stereocenters. The first-order valence-corrected chi connectivity index (χ1v) is 9.74. The van der Waals surface area contributed by atoms with Gasteiger partial charge in [-0.15, -0.1) is 0 Å². The number of carboxylic acid groups (broad SMARTS) is 2. The highest BCUT2D eigenvalue weighted by atomic mass is 16.7. The molecule has 31 heavy (non-hydrogen) atoms. The summed E-state index contributed by atoms with van der Waals surface area (Å²) in [5, 5.41) is 53.2. The first-order valence-electron chi connectivity index (χ1n) is 9.74. The molecule has 1 aromatic carbocycles. The van der Waals surface area contributed by atoms with Crippen molar-refractivity contribution in [1.82, 2.24) is 4.90 Å². The van der Waals surface area contributed by atoms with Gasteiger partial charge < -0.3 is 40.1 Å². The first kappa shape index (κ1) is 21.5. The van der Waals surface area contributed by atoms with Crippen LogP contribution in [0.4, 0.5) is 0 Å². The third-order valence-corrected chi connectivity index (χ3v) is 6.08. The largest absolute Gasteiger partial charge is 0.479 e. The molecule has 11 heteroatoms. The molecular formula is C20H23NO10. The summed E-state index contributed by atoms with van der Waals surface area (Å²) >= 11 is 0. The third-order valence-electron chi connectivity index (χ3n) is 6.08. The summed E-state index contributed by atoms with van der Waals surface area (Å²) in [6, 6.07) is 4.25. The molecule has 0 amide bonds. The Bertz CT molecular complexity index is 913. The number of benzene rings is 1. The van der Waals surface area contributed by atoms with Crippen LogP contribution in [0.1, 0.15) is 23.5 Å². The normalized spacial score (nSPS) is 29.6. The minimum atomic E-state index is -2.27. The summed E-state index contributed by atoms with van der Waals surface area (Å²) < 4.78 is 10.9. The molecule has 5 rings (SSSR count). The van der Waals surface area contributed by atoms with Gasteiger partial charge in [-0.05, 0) is 29.7 Å². The molecule has 4 aliphatic rings. The molecule has 0 bridgehead atoms. The zero-order chi connectivity index (χ0) is 22.4. The van der Waals surface area contributed by atoms with Crippen molar-refractivity contribution in [3.63, 3.8) is 0 Å². The fourth-order valence-corrected chi connectivity index (χ4v) is 4.62. The summed E-state index contributed by atoms with van der Waals surface area (Å²) in [6.07, 6.45) is -3.25. The summed E-state index contributed by atoms with van der Waals surface area (Å²) in [5.41, 5.74) is 3.54. The van der Waals surface area contributed by atoms with E-state index in [1.54, 1.807) is 0 Å². The molecule has 11 nitrogen and oxygen atoms in total. The lowest BCUT2D eigenvalue weighted by atomic mass is 9.73. The van der Waals surface area contributed by atoms with E-state index in [4.69, 9.17) is 29.9 Å². The van der Waals surface area contributed by atoms with E-state index in [-0.39, 0.29) is 18.8 Å². The summed E-state index contributed by atoms with van der Waals surface area (Å²) in [6.45, 7) is 2.11. The minimum Gasteiger partial charge on any atom is -0.479 e. The van der Waals surface area contributed by atoms with Crippen LogP contribution in [-0.4, -0.2) is 91.3 Å². The van der Waals surface area contributed by atoms with Gasteiger partial charge in [0.05, 0.1) is 12.2 Å². The SMILES string of the molecule is O=C(O)C(O)C(O)C(=O)O.O[C@H]1[C@H]2c3cc4c(cc3CN3CCC(=C[C@@H]1O)[C@H]23)OCO4. The van der Waals surface area contributed by atoms with Crippen molar-refractivity contribution in [3.05, 3.63) is 34.9 Å². The summed E-state index contributed by atoms with van der Waals surface area (Å²) in [5.74, 6) is -2.09. The molecule has 0 radical (unpaired) electrons. The second-order valence-corrected chi connectivity index (χ2v) is 7.88. The van der Waals surface area contributed by atoms with Crippen LogP contribution in [0.3, 0.4) is 0 Å². The number of carbonyl (C=O) groups is 2. The van der Waals surface area contributed by atoms with Gasteiger partial charge in [0, 0.05) is 25.0 Å². The Labute approximate surface area is 176 Å². The highest BCUT2D eigenvalue weighted by molar-refractivity contribution is 5.83. The third kappa shape index (κ3) is 3.75. The molecule has 3 heterocycles. The van der Waals surface area contributed by atoms with Crippen LogP contribution >= 0.6 is 0 Å². The molecule has 1 fully saturated rings. The van der Waals surface area contributed by atoms with Crippen LogP contribution in [0.25, 0.3) is 0 Å². The number of hydrogen-bond donors (Lipinski definition) is 6. The number of aliphatic hydroxyl groups is 4. The van der Waals surface area contributed by atoms with Crippen molar-refractivity contribution in [2.45, 2.75) is 49.3 Å². The maximum Gasteiger partial charge on any atom is 0.335 e. The Balaban J connectivity index is 0.000000199. The summed E-state index contributed by atoms with van der Waals surface area (Å²) in [7, 11) is 0. The van der Waals surface area contributed by atoms with Crippen LogP contribution in [0.2, 0.25) is 0 Å². The Hall–Kier alpha value is -2.70. The zero-order valence-electron chi connectivity index (χ0n) is 16.3. The van der Waals surface area contributed by atoms with Crippen LogP contribution in [0.15, 0.2) is 23.8 Å². The smallest absolute Gasteiger partial charge is 0.335 e. The quantitative estimate of drug-likeness (QED) is 0.307. The van der Waals surface area contributed by atoms with Gasteiger partial charge in [0.15, 0.2) is 23.7 Å². The van der Waals surface area contributed by atoms with E-state index < -0.39 is 36.4 Å². The van der Waals surface area contributed by atoms with Crippen molar-refractivity contribution in [3.8, 4) is 11.5 Å². The van der Waals surface area contributed by atoms with Crippen molar-refractivity contribution in [1.29, 1.82) is 0 Å². The number of ether oxygens (including phenoxy) is 2. The molecule has 6 atom stereocenters. The molecule has 1 saturated heterocycles. The number of aliphatic hydroxyl groups excluding tert-OH is 4. The van der Waals surface area contributed by atoms with Crippen LogP contribution in [0.5, 0.6) is 11.5 Å². The second-order valence-electron chi connectivity index (χ2n) is 7.88. The lowest BCUT2D eigenvalue weighted by Gasteiger charge is -2.44. The maximum atomic E-state index is 10.5. The van der Waals surface area contributed by atoms with E-state index in [1.807, 2.05) is 18.2 Å². The van der Waals surface area contributed by atoms with Gasteiger partial charge >= 0.3 is 11.9 Å². The molecule has 1 aliphatic carbocycles. The number of aliphatic carboxylic acids is 2. The van der Waals surface area contributed by atoms with E-state index >= 15 is 0 Å². The number of hydrogen-bond acceptors (Lipinski definition) is 9. The van der Waals surface area contributed by atoms with Crippen molar-refractivity contribution >= 4 is 11.9 Å². The van der Waals surface area contributed by atoms with Gasteiger partial charge in [0.25, 0.3) is 0 Å². The van der Waals surface area contributed by atoms with E-state index in [9.17, 15) is 19.8 Å². The highest BCUT2D eigenvalue weighted by Crippen LogP contribution is 2.49. The molecule has 0 spiro atoms. The Morgan fingerprint density at radius 3 is 2.26 bits per heavy atom. The molecule has 168 valence electrons. The Morgan fingerprint density at radius 2 is 1.65 bits per heavy atom.